The molecule has 2 aromatic rings. The molecule has 2 heterocycles. The van der Waals surface area contributed by atoms with Gasteiger partial charge in [0.05, 0.1) is 0 Å². The molecular formula is C26H30Cl2N2O3. The minimum atomic E-state index is -0.521. The lowest BCUT2D eigenvalue weighted by atomic mass is 9.88. The van der Waals surface area contributed by atoms with Crippen LogP contribution in [0.15, 0.2) is 36.4 Å². The van der Waals surface area contributed by atoms with Crippen molar-refractivity contribution in [1.82, 2.24) is 9.80 Å². The van der Waals surface area contributed by atoms with Crippen LogP contribution in [0.25, 0.3) is 0 Å². The summed E-state index contributed by atoms with van der Waals surface area (Å²) >= 11 is 12.6. The lowest BCUT2D eigenvalue weighted by Gasteiger charge is -2.33. The maximum absolute atomic E-state index is 13.2. The number of ether oxygens (including phenoxy) is 1. The Labute approximate surface area is 205 Å². The van der Waals surface area contributed by atoms with E-state index >= 15 is 0 Å². The Morgan fingerprint density at radius 2 is 1.70 bits per heavy atom. The fraction of sp³-hybridized carbons (Fsp3) is 0.462. The predicted molar refractivity (Wildman–Crippen MR) is 131 cm³/mol. The SMILES string of the molecule is CC(C)(C)OC(=O)N1CCC(C(=O)c2cc(Cl)c3c(c2)CN(Cc2ccc(Cl)cc2)C3)CC1. The highest BCUT2D eigenvalue weighted by Crippen LogP contribution is 2.33. The van der Waals surface area contributed by atoms with Gasteiger partial charge in [0, 0.05) is 54.3 Å². The molecule has 1 saturated heterocycles. The molecule has 0 aliphatic carbocycles. The van der Waals surface area contributed by atoms with Crippen LogP contribution >= 0.6 is 23.2 Å². The van der Waals surface area contributed by atoms with Gasteiger partial charge in [0.2, 0.25) is 0 Å². The Hall–Kier alpha value is -2.08. The third-order valence-corrected chi connectivity index (χ3v) is 6.77. The van der Waals surface area contributed by atoms with E-state index in [0.29, 0.717) is 36.5 Å². The number of carbonyl (C=O) groups excluding carboxylic acids is 2. The number of nitrogens with zero attached hydrogens (tertiary/aromatic N) is 2. The van der Waals surface area contributed by atoms with Gasteiger partial charge in [-0.2, -0.15) is 0 Å². The van der Waals surface area contributed by atoms with Crippen LogP contribution in [0, 0.1) is 5.92 Å². The molecule has 0 bridgehead atoms. The molecule has 1 amide bonds. The van der Waals surface area contributed by atoms with Gasteiger partial charge in [0.15, 0.2) is 5.78 Å². The zero-order chi connectivity index (χ0) is 23.8. The van der Waals surface area contributed by atoms with Gasteiger partial charge in [0.1, 0.15) is 5.60 Å². The third kappa shape index (κ3) is 5.89. The molecule has 0 atom stereocenters. The first-order valence-corrected chi connectivity index (χ1v) is 12.1. The molecule has 0 radical (unpaired) electrons. The van der Waals surface area contributed by atoms with Crippen molar-refractivity contribution in [1.29, 1.82) is 0 Å². The largest absolute Gasteiger partial charge is 0.444 e. The predicted octanol–water partition coefficient (Wildman–Crippen LogP) is 6.34. The standard InChI is InChI=1S/C26H30Cl2N2O3/c1-26(2,3)33-25(32)30-10-8-18(9-11-30)24(31)19-12-20-15-29(16-22(20)23(28)13-19)14-17-4-6-21(27)7-5-17/h4-7,12-13,18H,8-11,14-16H2,1-3H3. The molecule has 176 valence electrons. The van der Waals surface area contributed by atoms with Gasteiger partial charge in [-0.05, 0) is 74.6 Å². The number of benzene rings is 2. The van der Waals surface area contributed by atoms with E-state index in [1.54, 1.807) is 4.90 Å². The first-order chi connectivity index (χ1) is 15.6. The molecule has 0 spiro atoms. The van der Waals surface area contributed by atoms with Crippen molar-refractivity contribution in [3.8, 4) is 0 Å². The van der Waals surface area contributed by atoms with E-state index in [2.05, 4.69) is 4.90 Å². The highest BCUT2D eigenvalue weighted by atomic mass is 35.5. The number of piperidine rings is 1. The van der Waals surface area contributed by atoms with Crippen LogP contribution in [0.2, 0.25) is 10.0 Å². The van der Waals surface area contributed by atoms with E-state index in [1.807, 2.05) is 57.2 Å². The molecule has 0 unspecified atom stereocenters. The molecule has 33 heavy (non-hydrogen) atoms. The summed E-state index contributed by atoms with van der Waals surface area (Å²) in [6.45, 7) is 8.95. The van der Waals surface area contributed by atoms with Gasteiger partial charge in [-0.1, -0.05) is 35.3 Å². The Morgan fingerprint density at radius 3 is 2.33 bits per heavy atom. The first kappa shape index (κ1) is 24.1. The number of hydrogen-bond donors (Lipinski definition) is 0. The number of fused-ring (bicyclic) bond motifs is 1. The highest BCUT2D eigenvalue weighted by molar-refractivity contribution is 6.32. The molecule has 0 aromatic heterocycles. The van der Waals surface area contributed by atoms with Crippen molar-refractivity contribution in [2.45, 2.75) is 58.8 Å². The van der Waals surface area contributed by atoms with Crippen LogP contribution in [-0.2, 0) is 24.4 Å². The third-order valence-electron chi connectivity index (χ3n) is 6.18. The Bertz CT molecular complexity index is 1040. The van der Waals surface area contributed by atoms with E-state index in [9.17, 15) is 9.59 Å². The second-order valence-electron chi connectivity index (χ2n) is 9.97. The first-order valence-electron chi connectivity index (χ1n) is 11.4. The van der Waals surface area contributed by atoms with Crippen LogP contribution in [0.3, 0.4) is 0 Å². The summed E-state index contributed by atoms with van der Waals surface area (Å²) in [4.78, 5) is 29.6. The summed E-state index contributed by atoms with van der Waals surface area (Å²) in [6, 6.07) is 11.7. The molecule has 2 aliphatic rings. The van der Waals surface area contributed by atoms with Crippen LogP contribution in [0.5, 0.6) is 0 Å². The van der Waals surface area contributed by atoms with Crippen molar-refractivity contribution in [3.63, 3.8) is 0 Å². The van der Waals surface area contributed by atoms with Crippen molar-refractivity contribution in [2.75, 3.05) is 13.1 Å². The lowest BCUT2D eigenvalue weighted by molar-refractivity contribution is 0.0182. The van der Waals surface area contributed by atoms with Crippen molar-refractivity contribution < 1.29 is 14.3 Å². The molecule has 4 rings (SSSR count). The van der Waals surface area contributed by atoms with Gasteiger partial charge < -0.3 is 9.64 Å². The average molecular weight is 489 g/mol. The minimum absolute atomic E-state index is 0.107. The maximum Gasteiger partial charge on any atom is 0.410 e. The number of halogens is 2. The Morgan fingerprint density at radius 1 is 1.03 bits per heavy atom. The molecule has 7 heteroatoms. The second kappa shape index (κ2) is 9.65. The quantitative estimate of drug-likeness (QED) is 0.471. The zero-order valence-corrected chi connectivity index (χ0v) is 20.9. The number of hydrogen-bond acceptors (Lipinski definition) is 4. The molecule has 0 saturated carbocycles. The lowest BCUT2D eigenvalue weighted by Crippen LogP contribution is -2.43. The van der Waals surface area contributed by atoms with Crippen LogP contribution in [0.1, 0.15) is 60.7 Å². The number of rotatable bonds is 4. The van der Waals surface area contributed by atoms with Gasteiger partial charge in [-0.25, -0.2) is 4.79 Å². The minimum Gasteiger partial charge on any atom is -0.444 e. The van der Waals surface area contributed by atoms with E-state index in [4.69, 9.17) is 27.9 Å². The van der Waals surface area contributed by atoms with Gasteiger partial charge in [0.25, 0.3) is 0 Å². The molecule has 2 aliphatic heterocycles. The number of likely N-dealkylation sites (tertiary alicyclic amines) is 1. The number of carbonyl (C=O) groups is 2. The summed E-state index contributed by atoms with van der Waals surface area (Å²) < 4.78 is 5.46. The summed E-state index contributed by atoms with van der Waals surface area (Å²) in [6.07, 6.45) is 0.958. The van der Waals surface area contributed by atoms with Gasteiger partial charge in [-0.15, -0.1) is 0 Å². The van der Waals surface area contributed by atoms with Crippen molar-refractivity contribution in [2.24, 2.45) is 5.92 Å². The molecule has 5 nitrogen and oxygen atoms in total. The van der Waals surface area contributed by atoms with Gasteiger partial charge in [-0.3, -0.25) is 9.69 Å². The normalized spacial score (nSPS) is 17.2. The maximum atomic E-state index is 13.2. The van der Waals surface area contributed by atoms with Crippen molar-refractivity contribution >= 4 is 35.1 Å². The van der Waals surface area contributed by atoms with Crippen LogP contribution < -0.4 is 0 Å². The summed E-state index contributed by atoms with van der Waals surface area (Å²) in [5, 5.41) is 1.38. The molecule has 0 N–H and O–H groups in total. The van der Waals surface area contributed by atoms with E-state index < -0.39 is 5.60 Å². The fourth-order valence-electron chi connectivity index (χ4n) is 4.52. The summed E-state index contributed by atoms with van der Waals surface area (Å²) in [7, 11) is 0. The number of amides is 1. The van der Waals surface area contributed by atoms with E-state index in [0.717, 1.165) is 35.8 Å². The average Bonchev–Trinajstić information content (AvgIpc) is 3.17. The smallest absolute Gasteiger partial charge is 0.410 e. The van der Waals surface area contributed by atoms with E-state index in [-0.39, 0.29) is 17.8 Å². The van der Waals surface area contributed by atoms with Crippen molar-refractivity contribution in [3.05, 3.63) is 68.7 Å². The van der Waals surface area contributed by atoms with Crippen LogP contribution in [0.4, 0.5) is 4.79 Å². The molecular weight excluding hydrogens is 459 g/mol. The summed E-state index contributed by atoms with van der Waals surface area (Å²) in [5.74, 6) is 0.00377. The molecule has 2 aromatic carbocycles. The highest BCUT2D eigenvalue weighted by Gasteiger charge is 2.31. The molecule has 1 fully saturated rings. The monoisotopic (exact) mass is 488 g/mol. The fourth-order valence-corrected chi connectivity index (χ4v) is 4.95. The number of ketones is 1. The Kier molecular flexibility index (Phi) is 7.04. The topological polar surface area (TPSA) is 49.9 Å². The zero-order valence-electron chi connectivity index (χ0n) is 19.4. The van der Waals surface area contributed by atoms with Crippen LogP contribution in [-0.4, -0.2) is 40.4 Å². The van der Waals surface area contributed by atoms with E-state index in [1.165, 1.54) is 5.56 Å². The summed E-state index contributed by atoms with van der Waals surface area (Å²) in [5.41, 5.74) is 3.55. The number of Topliss-reactive ketones (excluding diaryl/α,β-unsaturated/α-hetero) is 1. The second-order valence-corrected chi connectivity index (χ2v) is 10.8. The Balaban J connectivity index is 1.38. The van der Waals surface area contributed by atoms with Gasteiger partial charge >= 0.3 is 6.09 Å².